The molecule has 2 rings (SSSR count). The van der Waals surface area contributed by atoms with Gasteiger partial charge in [0.05, 0.1) is 5.75 Å². The number of carbonyl (C=O) groups is 1. The van der Waals surface area contributed by atoms with Gasteiger partial charge >= 0.3 is 0 Å². The first-order chi connectivity index (χ1) is 7.16. The van der Waals surface area contributed by atoms with Crippen molar-refractivity contribution >= 4 is 29.1 Å². The lowest BCUT2D eigenvalue weighted by molar-refractivity contribution is -0.119. The van der Waals surface area contributed by atoms with Crippen LogP contribution in [0.5, 0.6) is 0 Å². The first-order valence-corrected chi connectivity index (χ1v) is 6.55. The van der Waals surface area contributed by atoms with E-state index in [1.807, 2.05) is 19.1 Å². The van der Waals surface area contributed by atoms with Gasteiger partial charge < -0.3 is 0 Å². The van der Waals surface area contributed by atoms with Gasteiger partial charge in [-0.1, -0.05) is 23.7 Å². The van der Waals surface area contributed by atoms with Crippen LogP contribution in [-0.2, 0) is 11.2 Å². The molecule has 0 aromatic heterocycles. The number of carbonyl (C=O) groups excluding carboxylic acids is 1. The Bertz CT molecular complexity index is 389. The highest BCUT2D eigenvalue weighted by Gasteiger charge is 2.24. The fraction of sp³-hybridized carbons (Fsp3) is 0.417. The van der Waals surface area contributed by atoms with Gasteiger partial charge in [0, 0.05) is 16.7 Å². The molecule has 1 aromatic rings. The van der Waals surface area contributed by atoms with E-state index in [1.54, 1.807) is 11.8 Å². The van der Waals surface area contributed by atoms with Gasteiger partial charge in [-0.2, -0.15) is 11.8 Å². The fourth-order valence-corrected chi connectivity index (χ4v) is 3.06. The van der Waals surface area contributed by atoms with Gasteiger partial charge in [0.15, 0.2) is 0 Å². The third kappa shape index (κ3) is 2.56. The molecule has 1 aliphatic heterocycles. The number of aryl methyl sites for hydroxylation is 1. The molecule has 0 N–H and O–H groups in total. The van der Waals surface area contributed by atoms with E-state index in [4.69, 9.17) is 11.6 Å². The van der Waals surface area contributed by atoms with E-state index in [2.05, 4.69) is 6.07 Å². The summed E-state index contributed by atoms with van der Waals surface area (Å²) in [6.45, 7) is 2.00. The van der Waals surface area contributed by atoms with Crippen LogP contribution in [0.15, 0.2) is 18.2 Å². The largest absolute Gasteiger partial charge is 0.298 e. The maximum absolute atomic E-state index is 11.5. The lowest BCUT2D eigenvalue weighted by atomic mass is 9.97. The molecule has 0 aliphatic carbocycles. The van der Waals surface area contributed by atoms with Crippen LogP contribution in [0.3, 0.4) is 0 Å². The zero-order chi connectivity index (χ0) is 10.8. The predicted molar refractivity (Wildman–Crippen MR) is 65.7 cm³/mol. The Labute approximate surface area is 99.2 Å². The Morgan fingerprint density at radius 1 is 1.53 bits per heavy atom. The maximum Gasteiger partial charge on any atom is 0.146 e. The Hall–Kier alpha value is -0.470. The summed E-state index contributed by atoms with van der Waals surface area (Å²) >= 11 is 7.70. The molecule has 0 saturated carbocycles. The van der Waals surface area contributed by atoms with E-state index in [9.17, 15) is 4.79 Å². The molecule has 15 heavy (non-hydrogen) atoms. The summed E-state index contributed by atoms with van der Waals surface area (Å²) in [6.07, 6.45) is 0.865. The molecular weight excluding hydrogens is 228 g/mol. The summed E-state index contributed by atoms with van der Waals surface area (Å²) < 4.78 is 0. The van der Waals surface area contributed by atoms with Gasteiger partial charge in [-0.25, -0.2) is 0 Å². The maximum atomic E-state index is 11.5. The Morgan fingerprint density at radius 3 is 2.93 bits per heavy atom. The molecule has 0 radical (unpaired) electrons. The fourth-order valence-electron chi connectivity index (χ4n) is 1.80. The Balaban J connectivity index is 2.10. The number of benzene rings is 1. The summed E-state index contributed by atoms with van der Waals surface area (Å²) in [7, 11) is 0. The quantitative estimate of drug-likeness (QED) is 0.790. The average molecular weight is 241 g/mol. The molecule has 1 aliphatic rings. The molecule has 0 amide bonds. The molecule has 1 atom stereocenters. The van der Waals surface area contributed by atoms with Gasteiger partial charge in [0.25, 0.3) is 0 Å². The van der Waals surface area contributed by atoms with Crippen molar-refractivity contribution in [2.24, 2.45) is 5.92 Å². The number of ketones is 1. The van der Waals surface area contributed by atoms with E-state index >= 15 is 0 Å². The normalized spacial score (nSPS) is 20.9. The number of thioether (sulfide) groups is 1. The van der Waals surface area contributed by atoms with Crippen molar-refractivity contribution in [3.05, 3.63) is 34.3 Å². The number of halogens is 1. The van der Waals surface area contributed by atoms with Crippen molar-refractivity contribution in [1.82, 2.24) is 0 Å². The molecule has 3 heteroatoms. The zero-order valence-electron chi connectivity index (χ0n) is 8.63. The van der Waals surface area contributed by atoms with Crippen molar-refractivity contribution in [1.29, 1.82) is 0 Å². The monoisotopic (exact) mass is 240 g/mol. The summed E-state index contributed by atoms with van der Waals surface area (Å²) in [6, 6.07) is 6.02. The molecule has 0 bridgehead atoms. The topological polar surface area (TPSA) is 17.1 Å². The minimum Gasteiger partial charge on any atom is -0.298 e. The van der Waals surface area contributed by atoms with Crippen LogP contribution in [0, 0.1) is 12.8 Å². The smallest absolute Gasteiger partial charge is 0.146 e. The predicted octanol–water partition coefficient (Wildman–Crippen LogP) is 3.12. The highest BCUT2D eigenvalue weighted by atomic mass is 35.5. The van der Waals surface area contributed by atoms with Crippen LogP contribution < -0.4 is 0 Å². The van der Waals surface area contributed by atoms with Crippen molar-refractivity contribution < 1.29 is 4.79 Å². The second-order valence-corrected chi connectivity index (χ2v) is 5.40. The average Bonchev–Trinajstić information content (AvgIpc) is 2.59. The van der Waals surface area contributed by atoms with E-state index in [-0.39, 0.29) is 5.92 Å². The highest BCUT2D eigenvalue weighted by Crippen LogP contribution is 2.25. The number of rotatable bonds is 2. The van der Waals surface area contributed by atoms with Crippen molar-refractivity contribution in [2.75, 3.05) is 11.5 Å². The third-order valence-corrected chi connectivity index (χ3v) is 4.27. The zero-order valence-corrected chi connectivity index (χ0v) is 10.2. The van der Waals surface area contributed by atoms with Gasteiger partial charge in [0.2, 0.25) is 0 Å². The first-order valence-electron chi connectivity index (χ1n) is 5.02. The van der Waals surface area contributed by atoms with Gasteiger partial charge in [-0.15, -0.1) is 0 Å². The molecule has 1 aromatic carbocycles. The third-order valence-electron chi connectivity index (χ3n) is 2.72. The summed E-state index contributed by atoms with van der Waals surface area (Å²) in [5.74, 6) is 2.28. The van der Waals surface area contributed by atoms with E-state index in [0.717, 1.165) is 22.8 Å². The molecular formula is C12H13ClOS. The minimum absolute atomic E-state index is 0.218. The lowest BCUT2D eigenvalue weighted by Crippen LogP contribution is -2.13. The number of hydrogen-bond acceptors (Lipinski definition) is 2. The molecule has 1 heterocycles. The molecule has 80 valence electrons. The molecule has 0 spiro atoms. The van der Waals surface area contributed by atoms with Gasteiger partial charge in [0.1, 0.15) is 5.78 Å². The minimum atomic E-state index is 0.218. The Kier molecular flexibility index (Phi) is 3.37. The SMILES string of the molecule is Cc1cc(CC2CSCC2=O)ccc1Cl. The Morgan fingerprint density at radius 2 is 2.33 bits per heavy atom. The molecule has 1 nitrogen and oxygen atoms in total. The van der Waals surface area contributed by atoms with Crippen LogP contribution in [0.4, 0.5) is 0 Å². The number of hydrogen-bond donors (Lipinski definition) is 0. The van der Waals surface area contributed by atoms with E-state index in [0.29, 0.717) is 11.5 Å². The van der Waals surface area contributed by atoms with Gasteiger partial charge in [-0.05, 0) is 30.5 Å². The van der Waals surface area contributed by atoms with Crippen molar-refractivity contribution in [3.8, 4) is 0 Å². The van der Waals surface area contributed by atoms with Crippen LogP contribution in [0.2, 0.25) is 5.02 Å². The van der Waals surface area contributed by atoms with Crippen LogP contribution in [0.25, 0.3) is 0 Å². The summed E-state index contributed by atoms with van der Waals surface area (Å²) in [5, 5.41) is 0.797. The van der Waals surface area contributed by atoms with Crippen molar-refractivity contribution in [2.45, 2.75) is 13.3 Å². The second-order valence-electron chi connectivity index (χ2n) is 3.97. The second kappa shape index (κ2) is 4.58. The molecule has 1 unspecified atom stereocenters. The van der Waals surface area contributed by atoms with Crippen LogP contribution in [0.1, 0.15) is 11.1 Å². The standard InChI is InChI=1S/C12H13ClOS/c1-8-4-9(2-3-11(8)13)5-10-6-15-7-12(10)14/h2-4,10H,5-7H2,1H3. The molecule has 1 fully saturated rings. The first kappa shape index (κ1) is 11.0. The van der Waals surface area contributed by atoms with E-state index < -0.39 is 0 Å². The van der Waals surface area contributed by atoms with E-state index in [1.165, 1.54) is 5.56 Å². The van der Waals surface area contributed by atoms with Gasteiger partial charge in [-0.3, -0.25) is 4.79 Å². The number of Topliss-reactive ketones (excluding diaryl/α,β-unsaturated/α-hetero) is 1. The van der Waals surface area contributed by atoms with Crippen LogP contribution >= 0.6 is 23.4 Å². The van der Waals surface area contributed by atoms with Crippen LogP contribution in [-0.4, -0.2) is 17.3 Å². The van der Waals surface area contributed by atoms with Crippen molar-refractivity contribution in [3.63, 3.8) is 0 Å². The summed E-state index contributed by atoms with van der Waals surface area (Å²) in [5.41, 5.74) is 2.31. The lowest BCUT2D eigenvalue weighted by Gasteiger charge is -2.08. The summed E-state index contributed by atoms with van der Waals surface area (Å²) in [4.78, 5) is 11.5. The highest BCUT2D eigenvalue weighted by molar-refractivity contribution is 8.00. The molecule has 1 saturated heterocycles.